The second kappa shape index (κ2) is 8.29. The fraction of sp³-hybridized carbons (Fsp3) is 0.316. The predicted octanol–water partition coefficient (Wildman–Crippen LogP) is 4.37. The van der Waals surface area contributed by atoms with Crippen LogP contribution in [0.3, 0.4) is 0 Å². The Morgan fingerprint density at radius 3 is 2.41 bits per heavy atom. The van der Waals surface area contributed by atoms with Gasteiger partial charge < -0.3 is 10.1 Å². The summed E-state index contributed by atoms with van der Waals surface area (Å²) in [6.45, 7) is 2.06. The highest BCUT2D eigenvalue weighted by Gasteiger charge is 2.32. The van der Waals surface area contributed by atoms with Crippen molar-refractivity contribution in [3.8, 4) is 0 Å². The Morgan fingerprint density at radius 2 is 1.78 bits per heavy atom. The number of alkyl halides is 3. The van der Waals surface area contributed by atoms with E-state index in [0.29, 0.717) is 36.9 Å². The third-order valence-corrected chi connectivity index (χ3v) is 4.55. The summed E-state index contributed by atoms with van der Waals surface area (Å²) in [7, 11) is 0. The van der Waals surface area contributed by atoms with E-state index in [0.717, 1.165) is 12.1 Å². The van der Waals surface area contributed by atoms with Crippen LogP contribution in [0.2, 0.25) is 5.02 Å². The van der Waals surface area contributed by atoms with E-state index in [1.807, 2.05) is 4.90 Å². The Balaban J connectivity index is 1.85. The average molecular weight is 399 g/mol. The Bertz CT molecular complexity index is 790. The Labute approximate surface area is 159 Å². The van der Waals surface area contributed by atoms with Gasteiger partial charge in [0.25, 0.3) is 0 Å². The van der Waals surface area contributed by atoms with E-state index in [4.69, 9.17) is 16.3 Å². The minimum atomic E-state index is -4.47. The van der Waals surface area contributed by atoms with Gasteiger partial charge in [-0.25, -0.2) is 0 Å². The van der Waals surface area contributed by atoms with E-state index in [1.54, 1.807) is 24.3 Å². The van der Waals surface area contributed by atoms with Crippen molar-refractivity contribution in [3.63, 3.8) is 0 Å². The van der Waals surface area contributed by atoms with Gasteiger partial charge in [-0.05, 0) is 35.9 Å². The topological polar surface area (TPSA) is 41.6 Å². The fourth-order valence-corrected chi connectivity index (χ4v) is 3.12. The molecule has 8 heteroatoms. The summed E-state index contributed by atoms with van der Waals surface area (Å²) in [4.78, 5) is 14.9. The molecule has 2 aromatic rings. The Hall–Kier alpha value is -2.09. The van der Waals surface area contributed by atoms with Gasteiger partial charge in [-0.2, -0.15) is 13.2 Å². The van der Waals surface area contributed by atoms with Crippen molar-refractivity contribution in [1.82, 2.24) is 4.90 Å². The van der Waals surface area contributed by atoms with E-state index in [1.165, 1.54) is 12.1 Å². The Morgan fingerprint density at radius 1 is 1.11 bits per heavy atom. The number of ether oxygens (including phenoxy) is 1. The van der Waals surface area contributed by atoms with Crippen molar-refractivity contribution >= 4 is 23.2 Å². The summed E-state index contributed by atoms with van der Waals surface area (Å²) in [6, 6.07) is 10.8. The number of carbonyl (C=O) groups is 1. The molecule has 1 atom stereocenters. The second-order valence-electron chi connectivity index (χ2n) is 6.17. The molecule has 0 bridgehead atoms. The Kier molecular flexibility index (Phi) is 6.04. The lowest BCUT2D eigenvalue weighted by atomic mass is 10.0. The monoisotopic (exact) mass is 398 g/mol. The SMILES string of the molecule is O=C(Nc1cccc(C(F)(F)F)c1)[C@H](c1ccc(Cl)cc1)N1CCOCC1. The van der Waals surface area contributed by atoms with Gasteiger partial charge in [0, 0.05) is 23.8 Å². The molecular weight excluding hydrogens is 381 g/mol. The average Bonchev–Trinajstić information content (AvgIpc) is 2.64. The number of hydrogen-bond donors (Lipinski definition) is 1. The largest absolute Gasteiger partial charge is 0.416 e. The van der Waals surface area contributed by atoms with Crippen molar-refractivity contribution in [2.24, 2.45) is 0 Å². The number of nitrogens with one attached hydrogen (secondary N) is 1. The number of benzene rings is 2. The minimum Gasteiger partial charge on any atom is -0.379 e. The lowest BCUT2D eigenvalue weighted by molar-refractivity contribution is -0.137. The number of morpholine rings is 1. The molecular formula is C19H18ClF3N2O2. The van der Waals surface area contributed by atoms with Crippen LogP contribution in [0.25, 0.3) is 0 Å². The highest BCUT2D eigenvalue weighted by Crippen LogP contribution is 2.31. The highest BCUT2D eigenvalue weighted by molar-refractivity contribution is 6.30. The van der Waals surface area contributed by atoms with E-state index < -0.39 is 23.7 Å². The zero-order valence-corrected chi connectivity index (χ0v) is 15.1. The number of halogens is 4. The summed E-state index contributed by atoms with van der Waals surface area (Å²) >= 11 is 5.93. The lowest BCUT2D eigenvalue weighted by Gasteiger charge is -2.33. The van der Waals surface area contributed by atoms with E-state index in [9.17, 15) is 18.0 Å². The number of rotatable bonds is 4. The van der Waals surface area contributed by atoms with Crippen molar-refractivity contribution in [2.75, 3.05) is 31.6 Å². The standard InChI is InChI=1S/C19H18ClF3N2O2/c20-15-6-4-13(5-7-15)17(25-8-10-27-11-9-25)18(26)24-16-3-1-2-14(12-16)19(21,22)23/h1-7,12,17H,8-11H2,(H,24,26)/t17-/m0/s1. The van der Waals surface area contributed by atoms with Gasteiger partial charge in [0.1, 0.15) is 6.04 Å². The minimum absolute atomic E-state index is 0.0991. The molecule has 2 aromatic carbocycles. The summed E-state index contributed by atoms with van der Waals surface area (Å²) in [5.74, 6) is -0.404. The molecule has 0 radical (unpaired) electrons. The number of carbonyl (C=O) groups excluding carboxylic acids is 1. The van der Waals surface area contributed by atoms with Gasteiger partial charge in [0.05, 0.1) is 18.8 Å². The molecule has 1 aliphatic rings. The zero-order chi connectivity index (χ0) is 19.4. The molecule has 144 valence electrons. The lowest BCUT2D eigenvalue weighted by Crippen LogP contribution is -2.43. The molecule has 3 rings (SSSR count). The second-order valence-corrected chi connectivity index (χ2v) is 6.61. The van der Waals surface area contributed by atoms with Gasteiger partial charge in [-0.1, -0.05) is 29.8 Å². The van der Waals surface area contributed by atoms with Crippen molar-refractivity contribution in [2.45, 2.75) is 12.2 Å². The molecule has 1 fully saturated rings. The first kappa shape index (κ1) is 19.7. The molecule has 27 heavy (non-hydrogen) atoms. The van der Waals surface area contributed by atoms with E-state index in [2.05, 4.69) is 5.32 Å². The van der Waals surface area contributed by atoms with Crippen molar-refractivity contribution in [1.29, 1.82) is 0 Å². The number of amides is 1. The molecule has 0 aliphatic carbocycles. The first-order chi connectivity index (χ1) is 12.8. The molecule has 1 amide bonds. The van der Waals surface area contributed by atoms with Crippen LogP contribution in [0.15, 0.2) is 48.5 Å². The summed E-state index contributed by atoms with van der Waals surface area (Å²) in [5, 5.41) is 3.15. The van der Waals surface area contributed by atoms with Crippen LogP contribution in [0, 0.1) is 0 Å². The first-order valence-corrected chi connectivity index (χ1v) is 8.78. The van der Waals surface area contributed by atoms with Gasteiger partial charge in [0.15, 0.2) is 0 Å². The predicted molar refractivity (Wildman–Crippen MR) is 96.7 cm³/mol. The quantitative estimate of drug-likeness (QED) is 0.831. The van der Waals surface area contributed by atoms with Gasteiger partial charge >= 0.3 is 6.18 Å². The molecule has 1 N–H and O–H groups in total. The molecule has 1 saturated heterocycles. The van der Waals surface area contributed by atoms with Gasteiger partial charge in [-0.15, -0.1) is 0 Å². The molecule has 0 aromatic heterocycles. The molecule has 0 saturated carbocycles. The van der Waals surface area contributed by atoms with Crippen LogP contribution in [0.1, 0.15) is 17.2 Å². The summed E-state index contributed by atoms with van der Waals surface area (Å²) in [6.07, 6.45) is -4.47. The maximum absolute atomic E-state index is 13.0. The molecule has 1 heterocycles. The smallest absolute Gasteiger partial charge is 0.379 e. The third kappa shape index (κ3) is 5.00. The van der Waals surface area contributed by atoms with Crippen LogP contribution >= 0.6 is 11.6 Å². The molecule has 0 unspecified atom stereocenters. The normalized spacial score (nSPS) is 16.7. The van der Waals surface area contributed by atoms with Crippen LogP contribution in [-0.4, -0.2) is 37.1 Å². The molecule has 4 nitrogen and oxygen atoms in total. The van der Waals surface area contributed by atoms with Crippen molar-refractivity contribution in [3.05, 3.63) is 64.7 Å². The fourth-order valence-electron chi connectivity index (χ4n) is 2.99. The third-order valence-electron chi connectivity index (χ3n) is 4.30. The summed E-state index contributed by atoms with van der Waals surface area (Å²) in [5.41, 5.74) is 0.00235. The molecule has 0 spiro atoms. The van der Waals surface area contributed by atoms with Crippen LogP contribution in [-0.2, 0) is 15.7 Å². The number of hydrogen-bond acceptors (Lipinski definition) is 3. The van der Waals surface area contributed by atoms with Gasteiger partial charge in [0.2, 0.25) is 5.91 Å². The van der Waals surface area contributed by atoms with Crippen LogP contribution in [0.5, 0.6) is 0 Å². The van der Waals surface area contributed by atoms with Crippen LogP contribution < -0.4 is 5.32 Å². The summed E-state index contributed by atoms with van der Waals surface area (Å²) < 4.78 is 44.1. The van der Waals surface area contributed by atoms with E-state index >= 15 is 0 Å². The van der Waals surface area contributed by atoms with Crippen LogP contribution in [0.4, 0.5) is 18.9 Å². The maximum Gasteiger partial charge on any atom is 0.416 e. The maximum atomic E-state index is 13.0. The molecule has 1 aliphatic heterocycles. The first-order valence-electron chi connectivity index (χ1n) is 8.40. The number of anilines is 1. The van der Waals surface area contributed by atoms with Crippen molar-refractivity contribution < 1.29 is 22.7 Å². The van der Waals surface area contributed by atoms with E-state index in [-0.39, 0.29) is 5.69 Å². The zero-order valence-electron chi connectivity index (χ0n) is 14.3. The number of nitrogens with zero attached hydrogens (tertiary/aromatic N) is 1. The van der Waals surface area contributed by atoms with Gasteiger partial charge in [-0.3, -0.25) is 9.69 Å². The highest BCUT2D eigenvalue weighted by atomic mass is 35.5.